The molecule has 4 aromatic carbocycles. The Kier molecular flexibility index (Phi) is 4.95. The number of hydrogen-bond donors (Lipinski definition) is 1. The number of nitrogens with zero attached hydrogens (tertiary/aromatic N) is 3. The van der Waals surface area contributed by atoms with E-state index >= 15 is 0 Å². The van der Waals surface area contributed by atoms with Crippen molar-refractivity contribution in [3.05, 3.63) is 109 Å². The van der Waals surface area contributed by atoms with Crippen LogP contribution in [0.3, 0.4) is 0 Å². The molecule has 1 aromatic heterocycles. The zero-order valence-electron chi connectivity index (χ0n) is 16.8. The summed E-state index contributed by atoms with van der Waals surface area (Å²) < 4.78 is 0. The molecule has 0 fully saturated rings. The van der Waals surface area contributed by atoms with Crippen LogP contribution >= 0.6 is 0 Å². The van der Waals surface area contributed by atoms with E-state index in [4.69, 9.17) is 20.7 Å². The molecule has 0 atom stereocenters. The average Bonchev–Trinajstić information content (AvgIpc) is 2.85. The zero-order chi connectivity index (χ0) is 21.0. The second kappa shape index (κ2) is 8.20. The molecule has 5 aromatic rings. The Bertz CT molecular complexity index is 1330. The second-order valence-corrected chi connectivity index (χ2v) is 7.24. The Morgan fingerprint density at radius 3 is 1.45 bits per heavy atom. The number of hydrogen-bond acceptors (Lipinski definition) is 4. The summed E-state index contributed by atoms with van der Waals surface area (Å²) in [4.78, 5) is 14.3. The lowest BCUT2D eigenvalue weighted by atomic mass is 10.0. The minimum absolute atomic E-state index is 0.598. The molecular weight excluding hydrogens is 380 g/mol. The van der Waals surface area contributed by atoms with Crippen molar-refractivity contribution in [1.82, 2.24) is 15.0 Å². The fourth-order valence-corrected chi connectivity index (χ4v) is 3.50. The van der Waals surface area contributed by atoms with E-state index in [-0.39, 0.29) is 0 Å². The van der Waals surface area contributed by atoms with Gasteiger partial charge in [0.2, 0.25) is 0 Å². The summed E-state index contributed by atoms with van der Waals surface area (Å²) in [6.45, 7) is 0. The Hall–Kier alpha value is -4.31. The number of benzene rings is 4. The highest BCUT2D eigenvalue weighted by atomic mass is 15.0. The van der Waals surface area contributed by atoms with Crippen LogP contribution in [-0.2, 0) is 0 Å². The van der Waals surface area contributed by atoms with E-state index in [1.165, 1.54) is 0 Å². The molecule has 2 N–H and O–H groups in total. The standard InChI is InChI=1S/C27H20N4/c28-24-16-8-15-23(18-24)27-30-25(20-11-5-2-6-12-20)29-26(31-27)22-14-7-13-21(17-22)19-9-3-1-4-10-19/h1-18H,28H2. The molecule has 0 aliphatic carbocycles. The van der Waals surface area contributed by atoms with Crippen molar-refractivity contribution in [2.24, 2.45) is 0 Å². The normalized spacial score (nSPS) is 10.7. The van der Waals surface area contributed by atoms with Gasteiger partial charge in [-0.25, -0.2) is 15.0 Å². The number of nitrogens with two attached hydrogens (primary N) is 1. The Labute approximate surface area is 181 Å². The van der Waals surface area contributed by atoms with Gasteiger partial charge in [-0.05, 0) is 29.3 Å². The number of aromatic nitrogens is 3. The van der Waals surface area contributed by atoms with Crippen molar-refractivity contribution in [3.8, 4) is 45.3 Å². The predicted molar refractivity (Wildman–Crippen MR) is 126 cm³/mol. The first-order chi connectivity index (χ1) is 15.3. The highest BCUT2D eigenvalue weighted by molar-refractivity contribution is 5.72. The molecule has 0 amide bonds. The van der Waals surface area contributed by atoms with Gasteiger partial charge in [-0.2, -0.15) is 0 Å². The topological polar surface area (TPSA) is 64.7 Å². The summed E-state index contributed by atoms with van der Waals surface area (Å²) in [5.74, 6) is 1.86. The molecule has 4 nitrogen and oxygen atoms in total. The molecule has 0 aliphatic heterocycles. The molecule has 0 spiro atoms. The van der Waals surface area contributed by atoms with Crippen molar-refractivity contribution in [3.63, 3.8) is 0 Å². The lowest BCUT2D eigenvalue weighted by Gasteiger charge is -2.10. The van der Waals surface area contributed by atoms with Crippen LogP contribution in [0.5, 0.6) is 0 Å². The zero-order valence-corrected chi connectivity index (χ0v) is 16.8. The third kappa shape index (κ3) is 4.05. The van der Waals surface area contributed by atoms with Crippen molar-refractivity contribution < 1.29 is 0 Å². The fourth-order valence-electron chi connectivity index (χ4n) is 3.50. The van der Waals surface area contributed by atoms with Gasteiger partial charge in [-0.3, -0.25) is 0 Å². The largest absolute Gasteiger partial charge is 0.399 e. The van der Waals surface area contributed by atoms with Gasteiger partial charge in [0.25, 0.3) is 0 Å². The lowest BCUT2D eigenvalue weighted by Crippen LogP contribution is -2.00. The molecule has 0 aliphatic rings. The van der Waals surface area contributed by atoms with Crippen LogP contribution < -0.4 is 5.73 Å². The van der Waals surface area contributed by atoms with Crippen molar-refractivity contribution in [2.75, 3.05) is 5.73 Å². The van der Waals surface area contributed by atoms with Crippen LogP contribution in [-0.4, -0.2) is 15.0 Å². The maximum absolute atomic E-state index is 6.01. The van der Waals surface area contributed by atoms with Gasteiger partial charge >= 0.3 is 0 Å². The van der Waals surface area contributed by atoms with Crippen molar-refractivity contribution in [2.45, 2.75) is 0 Å². The predicted octanol–water partition coefficient (Wildman–Crippen LogP) is 6.12. The first-order valence-electron chi connectivity index (χ1n) is 10.1. The first-order valence-corrected chi connectivity index (χ1v) is 10.1. The van der Waals surface area contributed by atoms with Crippen molar-refractivity contribution in [1.29, 1.82) is 0 Å². The molecule has 0 radical (unpaired) electrons. The molecule has 4 heteroatoms. The van der Waals surface area contributed by atoms with Gasteiger partial charge in [0, 0.05) is 22.4 Å². The molecule has 1 heterocycles. The highest BCUT2D eigenvalue weighted by Crippen LogP contribution is 2.28. The van der Waals surface area contributed by atoms with E-state index < -0.39 is 0 Å². The Balaban J connectivity index is 1.67. The molecular formula is C27H20N4. The van der Waals surface area contributed by atoms with E-state index in [1.54, 1.807) is 0 Å². The lowest BCUT2D eigenvalue weighted by molar-refractivity contribution is 1.07. The van der Waals surface area contributed by atoms with E-state index in [0.29, 0.717) is 23.2 Å². The van der Waals surface area contributed by atoms with E-state index in [9.17, 15) is 0 Å². The fraction of sp³-hybridized carbons (Fsp3) is 0. The van der Waals surface area contributed by atoms with Gasteiger partial charge in [-0.1, -0.05) is 91.0 Å². The molecule has 0 bridgehead atoms. The van der Waals surface area contributed by atoms with Crippen molar-refractivity contribution >= 4 is 5.69 Å². The SMILES string of the molecule is Nc1cccc(-c2nc(-c3ccccc3)nc(-c3cccc(-c4ccccc4)c3)n2)c1. The number of anilines is 1. The average molecular weight is 400 g/mol. The summed E-state index contributed by atoms with van der Waals surface area (Å²) in [5, 5.41) is 0. The number of rotatable bonds is 4. The smallest absolute Gasteiger partial charge is 0.164 e. The second-order valence-electron chi connectivity index (χ2n) is 7.24. The van der Waals surface area contributed by atoms with E-state index in [2.05, 4.69) is 24.3 Å². The Morgan fingerprint density at radius 1 is 0.387 bits per heavy atom. The highest BCUT2D eigenvalue weighted by Gasteiger charge is 2.13. The van der Waals surface area contributed by atoms with Gasteiger partial charge in [-0.15, -0.1) is 0 Å². The van der Waals surface area contributed by atoms with Crippen LogP contribution in [0.1, 0.15) is 0 Å². The van der Waals surface area contributed by atoms with Crippen LogP contribution in [0.15, 0.2) is 109 Å². The van der Waals surface area contributed by atoms with Gasteiger partial charge < -0.3 is 5.73 Å². The molecule has 0 saturated carbocycles. The minimum atomic E-state index is 0.598. The summed E-state index contributed by atoms with van der Waals surface area (Å²) >= 11 is 0. The number of nitrogen functional groups attached to an aromatic ring is 1. The van der Waals surface area contributed by atoms with Gasteiger partial charge in [0.05, 0.1) is 0 Å². The monoisotopic (exact) mass is 400 g/mol. The minimum Gasteiger partial charge on any atom is -0.399 e. The quantitative estimate of drug-likeness (QED) is 0.369. The third-order valence-corrected chi connectivity index (χ3v) is 5.04. The Morgan fingerprint density at radius 2 is 0.839 bits per heavy atom. The van der Waals surface area contributed by atoms with E-state index in [1.807, 2.05) is 84.9 Å². The third-order valence-electron chi connectivity index (χ3n) is 5.04. The van der Waals surface area contributed by atoms with Crippen LogP contribution in [0, 0.1) is 0 Å². The summed E-state index contributed by atoms with van der Waals surface area (Å²) in [6, 6.07) is 36.1. The molecule has 0 unspecified atom stereocenters. The van der Waals surface area contributed by atoms with Crippen LogP contribution in [0.4, 0.5) is 5.69 Å². The van der Waals surface area contributed by atoms with Crippen LogP contribution in [0.25, 0.3) is 45.3 Å². The molecule has 31 heavy (non-hydrogen) atoms. The summed E-state index contributed by atoms with van der Waals surface area (Å²) in [6.07, 6.45) is 0. The molecule has 148 valence electrons. The van der Waals surface area contributed by atoms with Crippen LogP contribution in [0.2, 0.25) is 0 Å². The maximum atomic E-state index is 6.01. The first kappa shape index (κ1) is 18.7. The molecule has 0 saturated heterocycles. The molecule has 5 rings (SSSR count). The summed E-state index contributed by atoms with van der Waals surface area (Å²) in [7, 11) is 0. The summed E-state index contributed by atoms with van der Waals surface area (Å²) in [5.41, 5.74) is 11.7. The van der Waals surface area contributed by atoms with Gasteiger partial charge in [0.15, 0.2) is 17.5 Å². The van der Waals surface area contributed by atoms with Gasteiger partial charge in [0.1, 0.15) is 0 Å². The van der Waals surface area contributed by atoms with E-state index in [0.717, 1.165) is 27.8 Å². The maximum Gasteiger partial charge on any atom is 0.164 e.